The molecule has 22 heavy (non-hydrogen) atoms. The summed E-state index contributed by atoms with van der Waals surface area (Å²) in [5.74, 6) is -0.292. The molecule has 0 unspecified atom stereocenters. The van der Waals surface area contributed by atoms with Crippen LogP contribution in [0.3, 0.4) is 0 Å². The van der Waals surface area contributed by atoms with Gasteiger partial charge in [0.05, 0.1) is 24.7 Å². The molecule has 1 fully saturated rings. The van der Waals surface area contributed by atoms with Crippen LogP contribution in [-0.2, 0) is 17.9 Å². The number of aromatic nitrogens is 2. The van der Waals surface area contributed by atoms with Crippen molar-refractivity contribution in [3.05, 3.63) is 52.8 Å². The maximum Gasteiger partial charge on any atom is 0.124 e. The van der Waals surface area contributed by atoms with Crippen molar-refractivity contribution in [2.24, 2.45) is 0 Å². The van der Waals surface area contributed by atoms with E-state index in [1.807, 2.05) is 6.20 Å². The standard InChI is InChI=1S/C16H19ClFN3O/c17-16-7-13(18)2-1-12(16)9-21-5-3-15(4-6-21)22-10-14-8-19-11-20-14/h1-2,7-8,11,15H,3-6,9-10H2,(H,19,20). The highest BCUT2D eigenvalue weighted by atomic mass is 35.5. The van der Waals surface area contributed by atoms with Crippen LogP contribution in [0.2, 0.25) is 5.02 Å². The number of nitrogens with one attached hydrogen (secondary N) is 1. The molecule has 1 aliphatic rings. The van der Waals surface area contributed by atoms with Crippen molar-refractivity contribution in [3.8, 4) is 0 Å². The summed E-state index contributed by atoms with van der Waals surface area (Å²) in [6, 6.07) is 4.59. The van der Waals surface area contributed by atoms with E-state index in [0.29, 0.717) is 11.6 Å². The number of halogens is 2. The Morgan fingerprint density at radius 2 is 2.18 bits per heavy atom. The zero-order valence-electron chi connectivity index (χ0n) is 12.3. The topological polar surface area (TPSA) is 41.1 Å². The lowest BCUT2D eigenvalue weighted by molar-refractivity contribution is -0.00510. The van der Waals surface area contributed by atoms with Crippen molar-refractivity contribution < 1.29 is 9.13 Å². The third-order valence-corrected chi connectivity index (χ3v) is 4.32. The Kier molecular flexibility index (Phi) is 5.08. The van der Waals surface area contributed by atoms with E-state index >= 15 is 0 Å². The van der Waals surface area contributed by atoms with Crippen LogP contribution in [0.4, 0.5) is 4.39 Å². The van der Waals surface area contributed by atoms with Gasteiger partial charge in [-0.2, -0.15) is 0 Å². The zero-order chi connectivity index (χ0) is 15.4. The number of likely N-dealkylation sites (tertiary alicyclic amines) is 1. The number of aromatic amines is 1. The van der Waals surface area contributed by atoms with Crippen molar-refractivity contribution in [1.82, 2.24) is 14.9 Å². The normalized spacial score (nSPS) is 17.0. The molecule has 1 saturated heterocycles. The molecule has 1 aliphatic heterocycles. The number of benzene rings is 1. The SMILES string of the molecule is Fc1ccc(CN2CCC(OCc3c[nH]cn3)CC2)c(Cl)c1. The van der Waals surface area contributed by atoms with E-state index in [-0.39, 0.29) is 11.9 Å². The molecular weight excluding hydrogens is 305 g/mol. The van der Waals surface area contributed by atoms with Gasteiger partial charge in [-0.1, -0.05) is 17.7 Å². The van der Waals surface area contributed by atoms with Crippen molar-refractivity contribution >= 4 is 11.6 Å². The fraction of sp³-hybridized carbons (Fsp3) is 0.438. The van der Waals surface area contributed by atoms with Gasteiger partial charge in [0.15, 0.2) is 0 Å². The lowest BCUT2D eigenvalue weighted by Gasteiger charge is -2.32. The molecule has 0 atom stereocenters. The fourth-order valence-corrected chi connectivity index (χ4v) is 2.92. The maximum absolute atomic E-state index is 13.1. The minimum atomic E-state index is -0.292. The van der Waals surface area contributed by atoms with Crippen molar-refractivity contribution in [3.63, 3.8) is 0 Å². The molecule has 0 saturated carbocycles. The van der Waals surface area contributed by atoms with Gasteiger partial charge in [0, 0.05) is 30.9 Å². The van der Waals surface area contributed by atoms with E-state index in [9.17, 15) is 4.39 Å². The Morgan fingerprint density at radius 3 is 2.86 bits per heavy atom. The van der Waals surface area contributed by atoms with Crippen LogP contribution < -0.4 is 0 Å². The average Bonchev–Trinajstić information content (AvgIpc) is 3.03. The van der Waals surface area contributed by atoms with E-state index in [2.05, 4.69) is 14.9 Å². The number of hydrogen-bond donors (Lipinski definition) is 1. The number of imidazole rings is 1. The number of rotatable bonds is 5. The van der Waals surface area contributed by atoms with Gasteiger partial charge >= 0.3 is 0 Å². The summed E-state index contributed by atoms with van der Waals surface area (Å²) >= 11 is 6.08. The molecule has 2 heterocycles. The lowest BCUT2D eigenvalue weighted by atomic mass is 10.1. The summed E-state index contributed by atoms with van der Waals surface area (Å²) in [5, 5.41) is 0.497. The number of H-pyrrole nitrogens is 1. The van der Waals surface area contributed by atoms with E-state index < -0.39 is 0 Å². The number of piperidine rings is 1. The monoisotopic (exact) mass is 323 g/mol. The van der Waals surface area contributed by atoms with Crippen LogP contribution in [0.15, 0.2) is 30.7 Å². The van der Waals surface area contributed by atoms with Gasteiger partial charge in [0.1, 0.15) is 5.82 Å². The highest BCUT2D eigenvalue weighted by Crippen LogP contribution is 2.22. The van der Waals surface area contributed by atoms with Gasteiger partial charge < -0.3 is 9.72 Å². The van der Waals surface area contributed by atoms with Crippen molar-refractivity contribution in [2.75, 3.05) is 13.1 Å². The number of hydrogen-bond acceptors (Lipinski definition) is 3. The fourth-order valence-electron chi connectivity index (χ4n) is 2.70. The first kappa shape index (κ1) is 15.5. The molecule has 0 amide bonds. The van der Waals surface area contributed by atoms with Gasteiger partial charge in [0.25, 0.3) is 0 Å². The van der Waals surface area contributed by atoms with Crippen LogP contribution >= 0.6 is 11.6 Å². The molecule has 0 spiro atoms. The van der Waals surface area contributed by atoms with Gasteiger partial charge in [-0.05, 0) is 30.5 Å². The quantitative estimate of drug-likeness (QED) is 0.917. The first-order valence-electron chi connectivity index (χ1n) is 7.46. The second-order valence-corrected chi connectivity index (χ2v) is 5.99. The Morgan fingerprint density at radius 1 is 1.36 bits per heavy atom. The molecule has 1 aromatic heterocycles. The molecular formula is C16H19ClFN3O. The van der Waals surface area contributed by atoms with Crippen LogP contribution in [0.5, 0.6) is 0 Å². The third kappa shape index (κ3) is 4.06. The zero-order valence-corrected chi connectivity index (χ0v) is 13.0. The predicted octanol–water partition coefficient (Wildman–Crippen LogP) is 3.38. The average molecular weight is 324 g/mol. The second kappa shape index (κ2) is 7.22. The lowest BCUT2D eigenvalue weighted by Crippen LogP contribution is -2.36. The van der Waals surface area contributed by atoms with E-state index in [1.165, 1.54) is 12.1 Å². The highest BCUT2D eigenvalue weighted by molar-refractivity contribution is 6.31. The summed E-state index contributed by atoms with van der Waals surface area (Å²) < 4.78 is 18.9. The highest BCUT2D eigenvalue weighted by Gasteiger charge is 2.20. The summed E-state index contributed by atoms with van der Waals surface area (Å²) in [4.78, 5) is 9.40. The minimum absolute atomic E-state index is 0.275. The molecule has 1 aromatic carbocycles. The summed E-state index contributed by atoms with van der Waals surface area (Å²) in [7, 11) is 0. The molecule has 3 rings (SSSR count). The summed E-state index contributed by atoms with van der Waals surface area (Å²) in [6.45, 7) is 3.22. The molecule has 0 bridgehead atoms. The second-order valence-electron chi connectivity index (χ2n) is 5.58. The molecule has 6 heteroatoms. The van der Waals surface area contributed by atoms with Crippen LogP contribution in [0.1, 0.15) is 24.1 Å². The van der Waals surface area contributed by atoms with Gasteiger partial charge in [-0.25, -0.2) is 9.37 Å². The molecule has 1 N–H and O–H groups in total. The first-order chi connectivity index (χ1) is 10.7. The summed E-state index contributed by atoms with van der Waals surface area (Å²) in [6.07, 6.45) is 5.77. The molecule has 0 radical (unpaired) electrons. The third-order valence-electron chi connectivity index (χ3n) is 3.97. The number of nitrogens with zero attached hydrogens (tertiary/aromatic N) is 2. The molecule has 0 aliphatic carbocycles. The maximum atomic E-state index is 13.1. The Balaban J connectivity index is 1.45. The van der Waals surface area contributed by atoms with Crippen LogP contribution in [0.25, 0.3) is 0 Å². The van der Waals surface area contributed by atoms with Crippen LogP contribution in [-0.4, -0.2) is 34.1 Å². The summed E-state index contributed by atoms with van der Waals surface area (Å²) in [5.41, 5.74) is 1.90. The van der Waals surface area contributed by atoms with E-state index in [4.69, 9.17) is 16.3 Å². The molecule has 4 nitrogen and oxygen atoms in total. The smallest absolute Gasteiger partial charge is 0.124 e. The van der Waals surface area contributed by atoms with Crippen molar-refractivity contribution in [2.45, 2.75) is 32.1 Å². The Labute approximate surface area is 134 Å². The molecule has 2 aromatic rings. The van der Waals surface area contributed by atoms with E-state index in [1.54, 1.807) is 12.4 Å². The van der Waals surface area contributed by atoms with Crippen LogP contribution in [0, 0.1) is 5.82 Å². The predicted molar refractivity (Wildman–Crippen MR) is 83.1 cm³/mol. The molecule has 118 valence electrons. The number of ether oxygens (including phenoxy) is 1. The Hall–Kier alpha value is -1.43. The van der Waals surface area contributed by atoms with Crippen molar-refractivity contribution in [1.29, 1.82) is 0 Å². The minimum Gasteiger partial charge on any atom is -0.372 e. The Bertz CT molecular complexity index is 597. The van der Waals surface area contributed by atoms with Gasteiger partial charge in [-0.3, -0.25) is 4.90 Å². The van der Waals surface area contributed by atoms with E-state index in [0.717, 1.165) is 43.7 Å². The van der Waals surface area contributed by atoms with Gasteiger partial charge in [-0.15, -0.1) is 0 Å². The first-order valence-corrected chi connectivity index (χ1v) is 7.84. The largest absolute Gasteiger partial charge is 0.372 e. The van der Waals surface area contributed by atoms with Gasteiger partial charge in [0.2, 0.25) is 0 Å².